The van der Waals surface area contributed by atoms with Crippen LogP contribution in [0, 0.1) is 6.92 Å². The molecule has 1 aromatic rings. The normalized spacial score (nSPS) is 9.70. The zero-order valence-electron chi connectivity index (χ0n) is 5.76. The number of aryl methyl sites for hydroxylation is 1. The number of phenols is 1. The fourth-order valence-electron chi connectivity index (χ4n) is 0.735. The van der Waals surface area contributed by atoms with Gasteiger partial charge in [0.1, 0.15) is 5.75 Å². The van der Waals surface area contributed by atoms with Gasteiger partial charge < -0.3 is 16.6 Å². The SMILES string of the molecule is Cc1cc(N)c(O)cc1N. The van der Waals surface area contributed by atoms with Crippen LogP contribution < -0.4 is 11.5 Å². The van der Waals surface area contributed by atoms with Gasteiger partial charge in [0.25, 0.3) is 0 Å². The highest BCUT2D eigenvalue weighted by Gasteiger charge is 1.98. The Morgan fingerprint density at radius 1 is 1.20 bits per heavy atom. The molecule has 0 bridgehead atoms. The lowest BCUT2D eigenvalue weighted by Crippen LogP contribution is -1.92. The molecule has 0 aliphatic rings. The summed E-state index contributed by atoms with van der Waals surface area (Å²) in [7, 11) is 0. The smallest absolute Gasteiger partial charge is 0.140 e. The monoisotopic (exact) mass is 138 g/mol. The van der Waals surface area contributed by atoms with Crippen LogP contribution in [0.4, 0.5) is 11.4 Å². The van der Waals surface area contributed by atoms with Crippen LogP contribution in [0.5, 0.6) is 5.75 Å². The summed E-state index contributed by atoms with van der Waals surface area (Å²) in [6.07, 6.45) is 0. The minimum Gasteiger partial charge on any atom is -0.506 e. The summed E-state index contributed by atoms with van der Waals surface area (Å²) in [5.74, 6) is 0.0445. The number of hydrogen-bond acceptors (Lipinski definition) is 3. The topological polar surface area (TPSA) is 72.3 Å². The Labute approximate surface area is 59.3 Å². The average Bonchev–Trinajstić information content (AvgIpc) is 1.84. The number of phenolic OH excluding ortho intramolecular Hbond substituents is 1. The maximum absolute atomic E-state index is 9.02. The van der Waals surface area contributed by atoms with Gasteiger partial charge in [-0.15, -0.1) is 0 Å². The molecule has 0 aliphatic heterocycles. The third-order valence-electron chi connectivity index (χ3n) is 1.42. The van der Waals surface area contributed by atoms with E-state index < -0.39 is 0 Å². The number of rotatable bonds is 0. The van der Waals surface area contributed by atoms with Crippen molar-refractivity contribution in [2.45, 2.75) is 6.92 Å². The van der Waals surface area contributed by atoms with Crippen molar-refractivity contribution in [3.8, 4) is 5.75 Å². The van der Waals surface area contributed by atoms with E-state index in [9.17, 15) is 0 Å². The molecule has 3 nitrogen and oxygen atoms in total. The highest BCUT2D eigenvalue weighted by Crippen LogP contribution is 2.25. The molecule has 0 spiro atoms. The van der Waals surface area contributed by atoms with Crippen LogP contribution in [-0.2, 0) is 0 Å². The summed E-state index contributed by atoms with van der Waals surface area (Å²) >= 11 is 0. The van der Waals surface area contributed by atoms with Crippen LogP contribution in [0.2, 0.25) is 0 Å². The Morgan fingerprint density at radius 3 is 2.30 bits per heavy atom. The summed E-state index contributed by atoms with van der Waals surface area (Å²) < 4.78 is 0. The van der Waals surface area contributed by atoms with Crippen LogP contribution in [0.25, 0.3) is 0 Å². The van der Waals surface area contributed by atoms with Crippen LogP contribution in [0.1, 0.15) is 5.56 Å². The van der Waals surface area contributed by atoms with Gasteiger partial charge in [-0.25, -0.2) is 0 Å². The number of hydrogen-bond donors (Lipinski definition) is 3. The van der Waals surface area contributed by atoms with Crippen molar-refractivity contribution in [2.24, 2.45) is 0 Å². The quantitative estimate of drug-likeness (QED) is 0.368. The number of nitrogens with two attached hydrogens (primary N) is 2. The van der Waals surface area contributed by atoms with E-state index in [2.05, 4.69) is 0 Å². The minimum absolute atomic E-state index is 0.0445. The summed E-state index contributed by atoms with van der Waals surface area (Å²) in [5, 5.41) is 9.02. The van der Waals surface area contributed by atoms with Gasteiger partial charge >= 0.3 is 0 Å². The third kappa shape index (κ3) is 0.978. The van der Waals surface area contributed by atoms with E-state index >= 15 is 0 Å². The first-order valence-electron chi connectivity index (χ1n) is 2.96. The molecule has 0 saturated carbocycles. The average molecular weight is 138 g/mol. The molecular weight excluding hydrogens is 128 g/mol. The summed E-state index contributed by atoms with van der Waals surface area (Å²) in [6.45, 7) is 1.84. The molecule has 0 atom stereocenters. The van der Waals surface area contributed by atoms with Gasteiger partial charge in [0.05, 0.1) is 5.69 Å². The molecule has 0 fully saturated rings. The second-order valence-electron chi connectivity index (χ2n) is 2.27. The van der Waals surface area contributed by atoms with Crippen molar-refractivity contribution in [3.63, 3.8) is 0 Å². The highest BCUT2D eigenvalue weighted by molar-refractivity contribution is 5.62. The first kappa shape index (κ1) is 6.74. The summed E-state index contributed by atoms with van der Waals surface area (Å²) in [4.78, 5) is 0. The van der Waals surface area contributed by atoms with Gasteiger partial charge in [-0.1, -0.05) is 0 Å². The summed E-state index contributed by atoms with van der Waals surface area (Å²) in [6, 6.07) is 3.09. The second-order valence-corrected chi connectivity index (χ2v) is 2.27. The van der Waals surface area contributed by atoms with E-state index in [1.807, 2.05) is 6.92 Å². The first-order valence-corrected chi connectivity index (χ1v) is 2.96. The number of benzene rings is 1. The molecule has 10 heavy (non-hydrogen) atoms. The molecule has 54 valence electrons. The molecular formula is C7H10N2O. The van der Waals surface area contributed by atoms with Gasteiger partial charge in [-0.3, -0.25) is 0 Å². The standard InChI is InChI=1S/C7H10N2O/c1-4-2-6(9)7(10)3-5(4)8/h2-3,10H,8-9H2,1H3. The van der Waals surface area contributed by atoms with Crippen molar-refractivity contribution < 1.29 is 5.11 Å². The fourth-order valence-corrected chi connectivity index (χ4v) is 0.735. The number of anilines is 2. The van der Waals surface area contributed by atoms with Crippen molar-refractivity contribution >= 4 is 11.4 Å². The van der Waals surface area contributed by atoms with Crippen LogP contribution >= 0.6 is 0 Å². The predicted molar refractivity (Wildman–Crippen MR) is 41.7 cm³/mol. The summed E-state index contributed by atoms with van der Waals surface area (Å²) in [5.41, 5.74) is 12.7. The van der Waals surface area contributed by atoms with E-state index in [4.69, 9.17) is 16.6 Å². The van der Waals surface area contributed by atoms with Gasteiger partial charge in [0, 0.05) is 11.8 Å². The lowest BCUT2D eigenvalue weighted by atomic mass is 10.2. The maximum atomic E-state index is 9.02. The maximum Gasteiger partial charge on any atom is 0.140 e. The molecule has 5 N–H and O–H groups in total. The Morgan fingerprint density at radius 2 is 1.80 bits per heavy atom. The number of nitrogen functional groups attached to an aromatic ring is 2. The largest absolute Gasteiger partial charge is 0.506 e. The van der Waals surface area contributed by atoms with Crippen LogP contribution in [0.15, 0.2) is 12.1 Å². The molecule has 0 heterocycles. The van der Waals surface area contributed by atoms with Gasteiger partial charge in [0.15, 0.2) is 0 Å². The van der Waals surface area contributed by atoms with Gasteiger partial charge in [-0.05, 0) is 18.6 Å². The Bertz CT molecular complexity index is 208. The molecule has 0 aliphatic carbocycles. The van der Waals surface area contributed by atoms with E-state index in [0.717, 1.165) is 5.56 Å². The van der Waals surface area contributed by atoms with Crippen LogP contribution in [0.3, 0.4) is 0 Å². The van der Waals surface area contributed by atoms with Crippen LogP contribution in [-0.4, -0.2) is 5.11 Å². The predicted octanol–water partition coefficient (Wildman–Crippen LogP) is 0.865. The fraction of sp³-hybridized carbons (Fsp3) is 0.143. The molecule has 3 heteroatoms. The molecule has 0 radical (unpaired) electrons. The van der Waals surface area contributed by atoms with E-state index in [1.165, 1.54) is 6.07 Å². The van der Waals surface area contributed by atoms with Crippen molar-refractivity contribution in [2.75, 3.05) is 11.5 Å². The Kier molecular flexibility index (Phi) is 1.41. The Balaban J connectivity index is 3.28. The van der Waals surface area contributed by atoms with E-state index in [1.54, 1.807) is 6.07 Å². The second kappa shape index (κ2) is 2.10. The number of aromatic hydroxyl groups is 1. The Hall–Kier alpha value is -1.38. The minimum atomic E-state index is 0.0445. The zero-order chi connectivity index (χ0) is 7.72. The van der Waals surface area contributed by atoms with Crippen molar-refractivity contribution in [3.05, 3.63) is 17.7 Å². The van der Waals surface area contributed by atoms with E-state index in [0.29, 0.717) is 11.4 Å². The molecule has 1 aromatic carbocycles. The molecule has 0 saturated heterocycles. The molecule has 0 unspecified atom stereocenters. The lowest BCUT2D eigenvalue weighted by Gasteiger charge is -2.02. The van der Waals surface area contributed by atoms with Crippen molar-refractivity contribution in [1.82, 2.24) is 0 Å². The highest BCUT2D eigenvalue weighted by atomic mass is 16.3. The zero-order valence-corrected chi connectivity index (χ0v) is 5.76. The van der Waals surface area contributed by atoms with Gasteiger partial charge in [-0.2, -0.15) is 0 Å². The lowest BCUT2D eigenvalue weighted by molar-refractivity contribution is 0.478. The molecule has 0 aromatic heterocycles. The third-order valence-corrected chi connectivity index (χ3v) is 1.42. The van der Waals surface area contributed by atoms with Crippen molar-refractivity contribution in [1.29, 1.82) is 0 Å². The molecule has 1 rings (SSSR count). The first-order chi connectivity index (χ1) is 4.61. The van der Waals surface area contributed by atoms with E-state index in [-0.39, 0.29) is 5.75 Å². The molecule has 0 amide bonds. The van der Waals surface area contributed by atoms with Gasteiger partial charge in [0.2, 0.25) is 0 Å².